The molecule has 0 aliphatic heterocycles. The molecule has 5 rings (SSSR count). The zero-order valence-corrected chi connectivity index (χ0v) is 20.6. The van der Waals surface area contributed by atoms with Gasteiger partial charge >= 0.3 is 5.69 Å². The van der Waals surface area contributed by atoms with Crippen LogP contribution in [0.1, 0.15) is 35.7 Å². The third-order valence-electron chi connectivity index (χ3n) is 6.54. The van der Waals surface area contributed by atoms with Crippen LogP contribution in [0.2, 0.25) is 0 Å². The van der Waals surface area contributed by atoms with Crippen molar-refractivity contribution in [1.82, 2.24) is 18.9 Å². The van der Waals surface area contributed by atoms with Gasteiger partial charge in [0.05, 0.1) is 11.7 Å². The SMILES string of the molecule is CC(C)c1cccc(-c2nn(C(=O)C(N)Cc3ccccc3)c(=O)n2-c2ccc3c(ccn3C)c2)c1. The molecular formula is C29H29N5O2. The van der Waals surface area contributed by atoms with Gasteiger partial charge in [0.1, 0.15) is 0 Å². The Hall–Kier alpha value is -4.23. The fourth-order valence-corrected chi connectivity index (χ4v) is 4.49. The maximum atomic E-state index is 13.7. The molecule has 1 unspecified atom stereocenters. The van der Waals surface area contributed by atoms with Gasteiger partial charge in [0.25, 0.3) is 5.91 Å². The van der Waals surface area contributed by atoms with Gasteiger partial charge in [-0.15, -0.1) is 9.78 Å². The molecule has 3 aromatic carbocycles. The molecule has 1 atom stereocenters. The molecule has 0 saturated heterocycles. The molecule has 7 nitrogen and oxygen atoms in total. The van der Waals surface area contributed by atoms with Crippen LogP contribution in [0.5, 0.6) is 0 Å². The summed E-state index contributed by atoms with van der Waals surface area (Å²) in [5.41, 5.74) is 10.2. The molecule has 36 heavy (non-hydrogen) atoms. The van der Waals surface area contributed by atoms with Crippen LogP contribution in [-0.4, -0.2) is 30.9 Å². The highest BCUT2D eigenvalue weighted by Gasteiger charge is 2.25. The molecule has 0 fully saturated rings. The van der Waals surface area contributed by atoms with Crippen molar-refractivity contribution in [3.8, 4) is 17.1 Å². The molecule has 2 heterocycles. The molecule has 0 spiro atoms. The molecule has 5 aromatic rings. The Labute approximate surface area is 209 Å². The number of nitrogens with two attached hydrogens (primary N) is 1. The minimum Gasteiger partial charge on any atom is -0.351 e. The molecule has 0 aliphatic rings. The highest BCUT2D eigenvalue weighted by atomic mass is 16.2. The van der Waals surface area contributed by atoms with E-state index in [1.54, 1.807) is 0 Å². The number of hydrogen-bond donors (Lipinski definition) is 1. The molecular weight excluding hydrogens is 450 g/mol. The number of aryl methyl sites for hydroxylation is 1. The Morgan fingerprint density at radius 1 is 0.972 bits per heavy atom. The van der Waals surface area contributed by atoms with E-state index in [4.69, 9.17) is 5.73 Å². The number of aromatic nitrogens is 4. The van der Waals surface area contributed by atoms with Gasteiger partial charge in [-0.25, -0.2) is 9.36 Å². The van der Waals surface area contributed by atoms with E-state index in [9.17, 15) is 9.59 Å². The second-order valence-electron chi connectivity index (χ2n) is 9.44. The monoisotopic (exact) mass is 479 g/mol. The Morgan fingerprint density at radius 3 is 2.50 bits per heavy atom. The predicted molar refractivity (Wildman–Crippen MR) is 143 cm³/mol. The van der Waals surface area contributed by atoms with Crippen LogP contribution in [0.15, 0.2) is 89.9 Å². The van der Waals surface area contributed by atoms with Gasteiger partial charge in [-0.3, -0.25) is 4.79 Å². The van der Waals surface area contributed by atoms with E-state index in [0.717, 1.165) is 32.3 Å². The summed E-state index contributed by atoms with van der Waals surface area (Å²) in [5, 5.41) is 5.53. The van der Waals surface area contributed by atoms with Crippen molar-refractivity contribution >= 4 is 16.8 Å². The lowest BCUT2D eigenvalue weighted by Gasteiger charge is -2.09. The molecule has 0 radical (unpaired) electrons. The van der Waals surface area contributed by atoms with Crippen molar-refractivity contribution in [3.63, 3.8) is 0 Å². The van der Waals surface area contributed by atoms with E-state index < -0.39 is 17.6 Å². The highest BCUT2D eigenvalue weighted by Crippen LogP contribution is 2.26. The van der Waals surface area contributed by atoms with Gasteiger partial charge in [-0.2, -0.15) is 0 Å². The van der Waals surface area contributed by atoms with E-state index in [0.29, 0.717) is 23.9 Å². The van der Waals surface area contributed by atoms with Crippen LogP contribution < -0.4 is 11.4 Å². The van der Waals surface area contributed by atoms with Gasteiger partial charge < -0.3 is 10.3 Å². The first-order chi connectivity index (χ1) is 17.3. The summed E-state index contributed by atoms with van der Waals surface area (Å²) in [6.45, 7) is 4.22. The summed E-state index contributed by atoms with van der Waals surface area (Å²) < 4.78 is 4.43. The number of rotatable bonds is 6. The molecule has 0 aliphatic carbocycles. The third kappa shape index (κ3) is 4.29. The second kappa shape index (κ2) is 9.43. The standard InChI is InChI=1S/C29H29N5O2/c1-19(2)21-10-7-11-23(17-21)27-31-34(28(35)25(30)16-20-8-5-4-6-9-20)29(36)33(27)24-12-13-26-22(18-24)14-15-32(26)3/h4-15,17-19,25H,16,30H2,1-3H3. The van der Waals surface area contributed by atoms with Crippen LogP contribution in [0.4, 0.5) is 0 Å². The summed E-state index contributed by atoms with van der Waals surface area (Å²) >= 11 is 0. The maximum Gasteiger partial charge on any atom is 0.358 e. The molecule has 2 aromatic heterocycles. The van der Waals surface area contributed by atoms with Crippen molar-refractivity contribution in [2.24, 2.45) is 12.8 Å². The first kappa shape index (κ1) is 23.5. The Balaban J connectivity index is 1.64. The molecule has 182 valence electrons. The van der Waals surface area contributed by atoms with Gasteiger partial charge in [0, 0.05) is 29.7 Å². The summed E-state index contributed by atoms with van der Waals surface area (Å²) in [6.07, 6.45) is 2.28. The van der Waals surface area contributed by atoms with Gasteiger partial charge in [-0.05, 0) is 53.8 Å². The topological polar surface area (TPSA) is 87.8 Å². The van der Waals surface area contributed by atoms with E-state index in [1.165, 1.54) is 4.57 Å². The number of carbonyl (C=O) groups is 1. The van der Waals surface area contributed by atoms with E-state index in [2.05, 4.69) is 18.9 Å². The quantitative estimate of drug-likeness (QED) is 0.388. The lowest BCUT2D eigenvalue weighted by Crippen LogP contribution is -2.42. The first-order valence-electron chi connectivity index (χ1n) is 12.0. The van der Waals surface area contributed by atoms with Crippen molar-refractivity contribution < 1.29 is 4.79 Å². The normalized spacial score (nSPS) is 12.4. The number of nitrogens with zero attached hydrogens (tertiary/aromatic N) is 4. The smallest absolute Gasteiger partial charge is 0.351 e. The Bertz CT molecular complexity index is 1610. The number of benzene rings is 3. The molecule has 0 amide bonds. The van der Waals surface area contributed by atoms with Gasteiger partial charge in [0.2, 0.25) is 0 Å². The fraction of sp³-hybridized carbons (Fsp3) is 0.207. The fourth-order valence-electron chi connectivity index (χ4n) is 4.49. The zero-order chi connectivity index (χ0) is 25.4. The Morgan fingerprint density at radius 2 is 1.75 bits per heavy atom. The van der Waals surface area contributed by atoms with Crippen LogP contribution >= 0.6 is 0 Å². The zero-order valence-electron chi connectivity index (χ0n) is 20.6. The average Bonchev–Trinajstić information content (AvgIpc) is 3.43. The van der Waals surface area contributed by atoms with Crippen LogP contribution in [-0.2, 0) is 13.5 Å². The number of fused-ring (bicyclic) bond motifs is 1. The average molecular weight is 480 g/mol. The number of hydrogen-bond acceptors (Lipinski definition) is 4. The van der Waals surface area contributed by atoms with Gasteiger partial charge in [-0.1, -0.05) is 62.4 Å². The van der Waals surface area contributed by atoms with Crippen molar-refractivity contribution in [2.45, 2.75) is 32.2 Å². The lowest BCUT2D eigenvalue weighted by atomic mass is 10.0. The lowest BCUT2D eigenvalue weighted by molar-refractivity contribution is 0.0858. The third-order valence-corrected chi connectivity index (χ3v) is 6.54. The molecule has 0 bridgehead atoms. The van der Waals surface area contributed by atoms with E-state index >= 15 is 0 Å². The highest BCUT2D eigenvalue weighted by molar-refractivity contribution is 5.85. The number of carbonyl (C=O) groups excluding carboxylic acids is 1. The summed E-state index contributed by atoms with van der Waals surface area (Å²) in [4.78, 5) is 27.1. The second-order valence-corrected chi connectivity index (χ2v) is 9.44. The molecule has 0 saturated carbocycles. The predicted octanol–water partition coefficient (Wildman–Crippen LogP) is 4.53. The summed E-state index contributed by atoms with van der Waals surface area (Å²) in [6, 6.07) is 24.3. The maximum absolute atomic E-state index is 13.7. The molecule has 7 heteroatoms. The van der Waals surface area contributed by atoms with Crippen LogP contribution in [0, 0.1) is 0 Å². The van der Waals surface area contributed by atoms with E-state index in [1.807, 2.05) is 96.7 Å². The Kier molecular flexibility index (Phi) is 6.16. The molecule has 2 N–H and O–H groups in total. The summed E-state index contributed by atoms with van der Waals surface area (Å²) in [5.74, 6) is 0.163. The van der Waals surface area contributed by atoms with Crippen LogP contribution in [0.3, 0.4) is 0 Å². The summed E-state index contributed by atoms with van der Waals surface area (Å²) in [7, 11) is 1.97. The van der Waals surface area contributed by atoms with Gasteiger partial charge in [0.15, 0.2) is 5.82 Å². The first-order valence-corrected chi connectivity index (χ1v) is 12.0. The van der Waals surface area contributed by atoms with E-state index in [-0.39, 0.29) is 0 Å². The van der Waals surface area contributed by atoms with Crippen molar-refractivity contribution in [2.75, 3.05) is 0 Å². The van der Waals surface area contributed by atoms with Crippen LogP contribution in [0.25, 0.3) is 28.0 Å². The minimum absolute atomic E-state index is 0.300. The van der Waals surface area contributed by atoms with Crippen molar-refractivity contribution in [3.05, 3.63) is 107 Å². The largest absolute Gasteiger partial charge is 0.358 e. The van der Waals surface area contributed by atoms with Crippen molar-refractivity contribution in [1.29, 1.82) is 0 Å². The minimum atomic E-state index is -0.903.